The van der Waals surface area contributed by atoms with E-state index in [9.17, 15) is 4.79 Å². The summed E-state index contributed by atoms with van der Waals surface area (Å²) in [6.45, 7) is 1.55. The molecular weight excluding hydrogens is 200 g/mol. The van der Waals surface area contributed by atoms with Gasteiger partial charge in [0.25, 0.3) is 0 Å². The molecule has 1 heterocycles. The smallest absolute Gasteiger partial charge is 0.164 e. The van der Waals surface area contributed by atoms with E-state index in [0.717, 1.165) is 18.5 Å². The van der Waals surface area contributed by atoms with Crippen molar-refractivity contribution in [3.8, 4) is 0 Å². The quantitative estimate of drug-likeness (QED) is 0.707. The number of hydrogen-bond acceptors (Lipinski definition) is 2. The van der Waals surface area contributed by atoms with Crippen molar-refractivity contribution < 1.29 is 4.79 Å². The minimum Gasteiger partial charge on any atom is -0.294 e. The molecule has 1 fully saturated rings. The molecule has 0 spiro atoms. The molecule has 3 nitrogen and oxygen atoms in total. The molecule has 76 valence electrons. The van der Waals surface area contributed by atoms with Gasteiger partial charge in [-0.2, -0.15) is 5.10 Å². The molecule has 0 amide bonds. The van der Waals surface area contributed by atoms with Crippen molar-refractivity contribution in [2.75, 3.05) is 0 Å². The summed E-state index contributed by atoms with van der Waals surface area (Å²) in [6.07, 6.45) is 3.54. The van der Waals surface area contributed by atoms with Gasteiger partial charge in [0.1, 0.15) is 0 Å². The fraction of sp³-hybridized carbons (Fsp3) is 0.600. The van der Waals surface area contributed by atoms with Gasteiger partial charge in [-0.3, -0.25) is 9.48 Å². The standard InChI is InChI=1S/C10H13ClN2O/c1-6(14)8-9(7-4-3-5-7)13(2)12-10(8)11/h7H,3-5H2,1-2H3. The van der Waals surface area contributed by atoms with Crippen LogP contribution in [0.1, 0.15) is 48.2 Å². The van der Waals surface area contributed by atoms with E-state index < -0.39 is 0 Å². The average molecular weight is 213 g/mol. The topological polar surface area (TPSA) is 34.9 Å². The van der Waals surface area contributed by atoms with E-state index in [0.29, 0.717) is 16.6 Å². The zero-order valence-electron chi connectivity index (χ0n) is 8.38. The van der Waals surface area contributed by atoms with Crippen molar-refractivity contribution in [3.63, 3.8) is 0 Å². The zero-order chi connectivity index (χ0) is 10.3. The summed E-state index contributed by atoms with van der Waals surface area (Å²) >= 11 is 5.92. The van der Waals surface area contributed by atoms with Crippen LogP contribution in [0.5, 0.6) is 0 Å². The fourth-order valence-electron chi connectivity index (χ4n) is 1.98. The van der Waals surface area contributed by atoms with Crippen LogP contribution in [-0.4, -0.2) is 15.6 Å². The first-order valence-corrected chi connectivity index (χ1v) is 5.22. The second-order valence-corrected chi connectivity index (χ2v) is 4.22. The lowest BCUT2D eigenvalue weighted by Crippen LogP contribution is -2.16. The Kier molecular flexibility index (Phi) is 2.35. The lowest BCUT2D eigenvalue weighted by atomic mass is 9.81. The van der Waals surface area contributed by atoms with Crippen molar-refractivity contribution in [3.05, 3.63) is 16.4 Å². The molecule has 0 aliphatic heterocycles. The second kappa shape index (κ2) is 3.39. The second-order valence-electron chi connectivity index (χ2n) is 3.86. The van der Waals surface area contributed by atoms with Crippen LogP contribution >= 0.6 is 11.6 Å². The number of halogens is 1. The van der Waals surface area contributed by atoms with Crippen molar-refractivity contribution in [2.45, 2.75) is 32.1 Å². The number of nitrogens with zero attached hydrogens (tertiary/aromatic N) is 2. The summed E-state index contributed by atoms with van der Waals surface area (Å²) in [5.41, 5.74) is 1.65. The maximum Gasteiger partial charge on any atom is 0.164 e. The van der Waals surface area contributed by atoms with Crippen molar-refractivity contribution in [1.82, 2.24) is 9.78 Å². The Morgan fingerprint density at radius 1 is 1.57 bits per heavy atom. The molecule has 0 radical (unpaired) electrons. The summed E-state index contributed by atoms with van der Waals surface area (Å²) in [4.78, 5) is 11.4. The fourth-order valence-corrected chi connectivity index (χ4v) is 2.32. The molecule has 1 aliphatic carbocycles. The maximum atomic E-state index is 11.4. The van der Waals surface area contributed by atoms with Gasteiger partial charge in [0.05, 0.1) is 11.3 Å². The monoisotopic (exact) mass is 212 g/mol. The molecule has 0 atom stereocenters. The van der Waals surface area contributed by atoms with Crippen molar-refractivity contribution >= 4 is 17.4 Å². The van der Waals surface area contributed by atoms with Crippen LogP contribution in [-0.2, 0) is 7.05 Å². The minimum absolute atomic E-state index is 0.0185. The molecule has 0 aromatic carbocycles. The van der Waals surface area contributed by atoms with Crippen LogP contribution in [0.2, 0.25) is 5.15 Å². The number of Topliss-reactive ketones (excluding diaryl/α,β-unsaturated/α-hetero) is 1. The van der Waals surface area contributed by atoms with E-state index in [4.69, 9.17) is 11.6 Å². The number of ketones is 1. The van der Waals surface area contributed by atoms with Gasteiger partial charge in [-0.1, -0.05) is 18.0 Å². The summed E-state index contributed by atoms with van der Waals surface area (Å²) in [7, 11) is 1.85. The normalized spacial score (nSPS) is 16.8. The van der Waals surface area contributed by atoms with E-state index in [1.165, 1.54) is 6.42 Å². The largest absolute Gasteiger partial charge is 0.294 e. The number of aromatic nitrogens is 2. The lowest BCUT2D eigenvalue weighted by Gasteiger charge is -2.26. The van der Waals surface area contributed by atoms with Gasteiger partial charge in [-0.05, 0) is 19.8 Å². The van der Waals surface area contributed by atoms with E-state index in [-0.39, 0.29) is 5.78 Å². The van der Waals surface area contributed by atoms with Gasteiger partial charge < -0.3 is 0 Å². The summed E-state index contributed by atoms with van der Waals surface area (Å²) in [5.74, 6) is 0.504. The molecule has 1 aliphatic rings. The van der Waals surface area contributed by atoms with Crippen LogP contribution in [0.15, 0.2) is 0 Å². The van der Waals surface area contributed by atoms with Crippen LogP contribution in [0.3, 0.4) is 0 Å². The lowest BCUT2D eigenvalue weighted by molar-refractivity contribution is 0.101. The van der Waals surface area contributed by atoms with Gasteiger partial charge in [0, 0.05) is 13.0 Å². The van der Waals surface area contributed by atoms with E-state index in [2.05, 4.69) is 5.10 Å². The zero-order valence-corrected chi connectivity index (χ0v) is 9.14. The number of carbonyl (C=O) groups excluding carboxylic acids is 1. The molecule has 0 saturated heterocycles. The Hall–Kier alpha value is -0.830. The first kappa shape index (κ1) is 9.71. The molecule has 14 heavy (non-hydrogen) atoms. The van der Waals surface area contributed by atoms with Crippen molar-refractivity contribution in [2.24, 2.45) is 7.05 Å². The van der Waals surface area contributed by atoms with E-state index in [1.807, 2.05) is 7.05 Å². The Balaban J connectivity index is 2.49. The predicted octanol–water partition coefficient (Wildman–Crippen LogP) is 2.54. The highest BCUT2D eigenvalue weighted by atomic mass is 35.5. The molecule has 0 bridgehead atoms. The third kappa shape index (κ3) is 1.36. The molecule has 1 saturated carbocycles. The van der Waals surface area contributed by atoms with Crippen LogP contribution < -0.4 is 0 Å². The third-order valence-corrected chi connectivity index (χ3v) is 3.16. The first-order chi connectivity index (χ1) is 6.61. The van der Waals surface area contributed by atoms with Gasteiger partial charge in [-0.15, -0.1) is 0 Å². The van der Waals surface area contributed by atoms with Crippen LogP contribution in [0.25, 0.3) is 0 Å². The third-order valence-electron chi connectivity index (χ3n) is 2.89. The molecular formula is C10H13ClN2O. The van der Waals surface area contributed by atoms with Gasteiger partial charge >= 0.3 is 0 Å². The maximum absolute atomic E-state index is 11.4. The number of hydrogen-bond donors (Lipinski definition) is 0. The Bertz CT molecular complexity index is 380. The Morgan fingerprint density at radius 2 is 2.21 bits per heavy atom. The van der Waals surface area contributed by atoms with Gasteiger partial charge in [-0.25, -0.2) is 0 Å². The highest BCUT2D eigenvalue weighted by Gasteiger charge is 2.29. The molecule has 4 heteroatoms. The van der Waals surface area contributed by atoms with E-state index >= 15 is 0 Å². The minimum atomic E-state index is 0.0185. The SMILES string of the molecule is CC(=O)c1c(Cl)nn(C)c1C1CCC1. The highest BCUT2D eigenvalue weighted by molar-refractivity contribution is 6.32. The number of aryl methyl sites for hydroxylation is 1. The molecule has 1 aromatic rings. The van der Waals surface area contributed by atoms with Gasteiger partial charge in [0.15, 0.2) is 10.9 Å². The molecule has 0 N–H and O–H groups in total. The summed E-state index contributed by atoms with van der Waals surface area (Å²) in [6, 6.07) is 0. The summed E-state index contributed by atoms with van der Waals surface area (Å²) in [5, 5.41) is 4.45. The highest BCUT2D eigenvalue weighted by Crippen LogP contribution is 2.39. The van der Waals surface area contributed by atoms with Gasteiger partial charge in [0.2, 0.25) is 0 Å². The molecule has 1 aromatic heterocycles. The number of carbonyl (C=O) groups is 1. The predicted molar refractivity (Wildman–Crippen MR) is 54.8 cm³/mol. The van der Waals surface area contributed by atoms with E-state index in [1.54, 1.807) is 11.6 Å². The molecule has 2 rings (SSSR count). The van der Waals surface area contributed by atoms with Crippen molar-refractivity contribution in [1.29, 1.82) is 0 Å². The first-order valence-electron chi connectivity index (χ1n) is 4.84. The van der Waals surface area contributed by atoms with Crippen LogP contribution in [0, 0.1) is 0 Å². The average Bonchev–Trinajstić information content (AvgIpc) is 2.23. The molecule has 0 unspecified atom stereocenters. The summed E-state index contributed by atoms with van der Waals surface area (Å²) < 4.78 is 1.75. The Morgan fingerprint density at radius 3 is 2.64 bits per heavy atom. The van der Waals surface area contributed by atoms with Crippen LogP contribution in [0.4, 0.5) is 0 Å². The Labute approximate surface area is 88.1 Å². The number of rotatable bonds is 2.